The Kier molecular flexibility index (Phi) is 4.26. The molecule has 0 aliphatic carbocycles. The van der Waals surface area contributed by atoms with Gasteiger partial charge in [0.15, 0.2) is 5.15 Å². The molecular formula is C16H11ClN4O3. The summed E-state index contributed by atoms with van der Waals surface area (Å²) in [5.74, 6) is -0.433. The Morgan fingerprint density at radius 1 is 1.29 bits per heavy atom. The fraction of sp³-hybridized carbons (Fsp3) is 0. The number of hydrogen-bond donors (Lipinski definition) is 1. The van der Waals surface area contributed by atoms with Crippen LogP contribution in [0.25, 0.3) is 11.7 Å². The Labute approximate surface area is 141 Å². The predicted molar refractivity (Wildman–Crippen MR) is 91.0 cm³/mol. The Balaban J connectivity index is 1.79. The van der Waals surface area contributed by atoms with Crippen LogP contribution in [0.15, 0.2) is 54.7 Å². The zero-order valence-corrected chi connectivity index (χ0v) is 13.0. The minimum absolute atomic E-state index is 0.0957. The van der Waals surface area contributed by atoms with Crippen molar-refractivity contribution in [3.63, 3.8) is 0 Å². The number of imidazole rings is 1. The molecule has 0 saturated heterocycles. The van der Waals surface area contributed by atoms with E-state index in [9.17, 15) is 14.9 Å². The fourth-order valence-corrected chi connectivity index (χ4v) is 2.41. The lowest BCUT2D eigenvalue weighted by molar-refractivity contribution is -0.384. The second-order valence-electron chi connectivity index (χ2n) is 4.85. The van der Waals surface area contributed by atoms with Crippen molar-refractivity contribution in [2.24, 2.45) is 0 Å². The average molecular weight is 343 g/mol. The summed E-state index contributed by atoms with van der Waals surface area (Å²) in [5, 5.41) is 13.6. The van der Waals surface area contributed by atoms with Gasteiger partial charge in [-0.25, -0.2) is 4.98 Å². The van der Waals surface area contributed by atoms with E-state index in [-0.39, 0.29) is 10.8 Å². The minimum atomic E-state index is -0.524. The van der Waals surface area contributed by atoms with Crippen LogP contribution >= 0.6 is 11.6 Å². The van der Waals surface area contributed by atoms with Crippen molar-refractivity contribution in [1.82, 2.24) is 9.38 Å². The number of aromatic nitrogens is 2. The van der Waals surface area contributed by atoms with Gasteiger partial charge in [0.2, 0.25) is 5.91 Å². The maximum absolute atomic E-state index is 12.0. The lowest BCUT2D eigenvalue weighted by Gasteiger charge is -2.01. The Hall–Kier alpha value is -3.19. The van der Waals surface area contributed by atoms with Crippen LogP contribution in [0.4, 0.5) is 11.4 Å². The van der Waals surface area contributed by atoms with Gasteiger partial charge in [-0.15, -0.1) is 0 Å². The van der Waals surface area contributed by atoms with E-state index in [0.717, 1.165) is 0 Å². The molecule has 3 aromatic rings. The molecule has 0 spiro atoms. The van der Waals surface area contributed by atoms with E-state index in [2.05, 4.69) is 10.3 Å². The minimum Gasteiger partial charge on any atom is -0.322 e. The highest BCUT2D eigenvalue weighted by atomic mass is 35.5. The van der Waals surface area contributed by atoms with Crippen LogP contribution in [-0.2, 0) is 4.79 Å². The Morgan fingerprint density at radius 2 is 2.12 bits per heavy atom. The Morgan fingerprint density at radius 3 is 2.92 bits per heavy atom. The van der Waals surface area contributed by atoms with Crippen LogP contribution < -0.4 is 5.32 Å². The number of nitro groups is 1. The number of halogens is 1. The van der Waals surface area contributed by atoms with Crippen molar-refractivity contribution in [1.29, 1.82) is 0 Å². The van der Waals surface area contributed by atoms with E-state index in [0.29, 0.717) is 17.0 Å². The van der Waals surface area contributed by atoms with Crippen LogP contribution in [0.5, 0.6) is 0 Å². The number of nitro benzene ring substituents is 1. The summed E-state index contributed by atoms with van der Waals surface area (Å²) in [6.07, 6.45) is 4.61. The van der Waals surface area contributed by atoms with E-state index < -0.39 is 10.8 Å². The van der Waals surface area contributed by atoms with Crippen molar-refractivity contribution < 1.29 is 9.72 Å². The molecular weight excluding hydrogens is 332 g/mol. The summed E-state index contributed by atoms with van der Waals surface area (Å²) >= 11 is 6.08. The molecule has 0 radical (unpaired) electrons. The summed E-state index contributed by atoms with van der Waals surface area (Å²) in [7, 11) is 0. The molecule has 1 N–H and O–H groups in total. The van der Waals surface area contributed by atoms with Crippen molar-refractivity contribution in [3.05, 3.63) is 75.7 Å². The molecule has 24 heavy (non-hydrogen) atoms. The number of anilines is 1. The number of fused-ring (bicyclic) bond motifs is 1. The standard InChI is InChI=1S/C16H11ClN4O3/c17-16-13(20-9-2-1-6-14(20)19-16)7-8-15(22)18-11-4-3-5-12(10-11)21(23)24/h1-10H,(H,18,22)/b8-7+. The summed E-state index contributed by atoms with van der Waals surface area (Å²) in [5.41, 5.74) is 1.48. The second-order valence-corrected chi connectivity index (χ2v) is 5.20. The van der Waals surface area contributed by atoms with Crippen LogP contribution in [0, 0.1) is 10.1 Å². The maximum Gasteiger partial charge on any atom is 0.271 e. The van der Waals surface area contributed by atoms with Gasteiger partial charge in [0.25, 0.3) is 5.69 Å². The summed E-state index contributed by atoms with van der Waals surface area (Å²) in [6, 6.07) is 11.2. The largest absolute Gasteiger partial charge is 0.322 e. The zero-order valence-electron chi connectivity index (χ0n) is 12.2. The molecule has 0 bridgehead atoms. The van der Waals surface area contributed by atoms with E-state index in [1.807, 2.05) is 12.1 Å². The first kappa shape index (κ1) is 15.7. The first-order valence-electron chi connectivity index (χ1n) is 6.91. The van der Waals surface area contributed by atoms with Gasteiger partial charge >= 0.3 is 0 Å². The van der Waals surface area contributed by atoms with E-state index >= 15 is 0 Å². The van der Waals surface area contributed by atoms with Crippen molar-refractivity contribution >= 4 is 40.6 Å². The smallest absolute Gasteiger partial charge is 0.271 e. The first-order chi connectivity index (χ1) is 11.5. The molecule has 7 nitrogen and oxygen atoms in total. The molecule has 0 unspecified atom stereocenters. The molecule has 1 amide bonds. The third-order valence-electron chi connectivity index (χ3n) is 3.24. The van der Waals surface area contributed by atoms with Crippen LogP contribution in [0.1, 0.15) is 5.69 Å². The number of benzene rings is 1. The van der Waals surface area contributed by atoms with Gasteiger partial charge in [0.05, 0.1) is 10.6 Å². The van der Waals surface area contributed by atoms with Gasteiger partial charge in [-0.2, -0.15) is 0 Å². The maximum atomic E-state index is 12.0. The quantitative estimate of drug-likeness (QED) is 0.446. The average Bonchev–Trinajstić information content (AvgIpc) is 2.88. The third kappa shape index (κ3) is 3.26. The zero-order chi connectivity index (χ0) is 17.1. The van der Waals surface area contributed by atoms with Crippen molar-refractivity contribution in [3.8, 4) is 0 Å². The van der Waals surface area contributed by atoms with Crippen molar-refractivity contribution in [2.75, 3.05) is 5.32 Å². The van der Waals surface area contributed by atoms with Gasteiger partial charge in [-0.3, -0.25) is 19.3 Å². The number of pyridine rings is 1. The van der Waals surface area contributed by atoms with Crippen molar-refractivity contribution in [2.45, 2.75) is 0 Å². The molecule has 3 rings (SSSR count). The number of nitrogens with one attached hydrogen (secondary N) is 1. The molecule has 1 aromatic carbocycles. The highest BCUT2D eigenvalue weighted by Gasteiger charge is 2.09. The topological polar surface area (TPSA) is 89.5 Å². The molecule has 0 aliphatic heterocycles. The van der Waals surface area contributed by atoms with Gasteiger partial charge < -0.3 is 5.32 Å². The third-order valence-corrected chi connectivity index (χ3v) is 3.52. The number of rotatable bonds is 4. The molecule has 0 fully saturated rings. The lowest BCUT2D eigenvalue weighted by atomic mass is 10.3. The predicted octanol–water partition coefficient (Wildman–Crippen LogP) is 3.55. The van der Waals surface area contributed by atoms with Crippen LogP contribution in [-0.4, -0.2) is 20.2 Å². The first-order valence-corrected chi connectivity index (χ1v) is 7.28. The van der Waals surface area contributed by atoms with E-state index in [4.69, 9.17) is 11.6 Å². The summed E-state index contributed by atoms with van der Waals surface area (Å²) in [4.78, 5) is 26.4. The monoisotopic (exact) mass is 342 g/mol. The highest BCUT2D eigenvalue weighted by molar-refractivity contribution is 6.31. The number of carbonyl (C=O) groups is 1. The highest BCUT2D eigenvalue weighted by Crippen LogP contribution is 2.20. The van der Waals surface area contributed by atoms with Gasteiger partial charge in [-0.05, 0) is 24.3 Å². The normalized spacial score (nSPS) is 11.0. The molecule has 2 heterocycles. The molecule has 8 heteroatoms. The van der Waals surface area contributed by atoms with Crippen LogP contribution in [0.2, 0.25) is 5.15 Å². The lowest BCUT2D eigenvalue weighted by Crippen LogP contribution is -2.08. The summed E-state index contributed by atoms with van der Waals surface area (Å²) in [6.45, 7) is 0. The van der Waals surface area contributed by atoms with Crippen LogP contribution in [0.3, 0.4) is 0 Å². The Bertz CT molecular complexity index is 965. The fourth-order valence-electron chi connectivity index (χ4n) is 2.17. The van der Waals surface area contributed by atoms with E-state index in [1.54, 1.807) is 22.7 Å². The summed E-state index contributed by atoms with van der Waals surface area (Å²) < 4.78 is 1.75. The number of nitrogens with zero attached hydrogens (tertiary/aromatic N) is 3. The van der Waals surface area contributed by atoms with Gasteiger partial charge in [0.1, 0.15) is 5.65 Å². The molecule has 120 valence electrons. The number of amides is 1. The number of carbonyl (C=O) groups excluding carboxylic acids is 1. The molecule has 0 atom stereocenters. The SMILES string of the molecule is O=C(/C=C/c1c(Cl)nc2ccccn12)Nc1cccc([N+](=O)[O-])c1. The second kappa shape index (κ2) is 6.51. The van der Waals surface area contributed by atoms with Gasteiger partial charge in [0, 0.05) is 30.1 Å². The van der Waals surface area contributed by atoms with Gasteiger partial charge in [-0.1, -0.05) is 23.7 Å². The van der Waals surface area contributed by atoms with E-state index in [1.165, 1.54) is 30.4 Å². The molecule has 2 aromatic heterocycles. The number of hydrogen-bond acceptors (Lipinski definition) is 4. The molecule has 0 saturated carbocycles. The number of non-ortho nitro benzene ring substituents is 1. The molecule has 0 aliphatic rings.